The molecule has 8 heteroatoms. The first-order valence-electron chi connectivity index (χ1n) is 12.0. The maximum absolute atomic E-state index is 14.4. The van der Waals surface area contributed by atoms with E-state index in [4.69, 9.17) is 16.3 Å². The zero-order valence-electron chi connectivity index (χ0n) is 18.7. The maximum atomic E-state index is 14.4. The number of amides is 1. The molecule has 0 unspecified atom stereocenters. The molecule has 2 aromatic rings. The van der Waals surface area contributed by atoms with Crippen LogP contribution in [-0.4, -0.2) is 41.6 Å². The second-order valence-electron chi connectivity index (χ2n) is 9.59. The van der Waals surface area contributed by atoms with Crippen LogP contribution in [0.15, 0.2) is 30.6 Å². The van der Waals surface area contributed by atoms with Gasteiger partial charge in [-0.15, -0.1) is 0 Å². The topological polar surface area (TPSA) is 67.3 Å². The Morgan fingerprint density at radius 1 is 1.18 bits per heavy atom. The van der Waals surface area contributed by atoms with Crippen LogP contribution in [0.5, 0.6) is 5.75 Å². The average Bonchev–Trinajstić information content (AvgIpc) is 3.74. The number of aromatic nitrogens is 2. The van der Waals surface area contributed by atoms with Gasteiger partial charge in [-0.25, -0.2) is 14.4 Å². The zero-order chi connectivity index (χ0) is 22.8. The van der Waals surface area contributed by atoms with Crippen molar-refractivity contribution in [2.45, 2.75) is 51.0 Å². The minimum absolute atomic E-state index is 0.0787. The van der Waals surface area contributed by atoms with Gasteiger partial charge in [0.2, 0.25) is 11.9 Å². The number of benzene rings is 1. The third-order valence-corrected chi connectivity index (χ3v) is 7.28. The van der Waals surface area contributed by atoms with Crippen molar-refractivity contribution in [1.29, 1.82) is 0 Å². The Hall–Kier alpha value is -2.41. The molecule has 1 N–H and O–H groups in total. The van der Waals surface area contributed by atoms with E-state index in [0.29, 0.717) is 34.9 Å². The number of nitrogens with zero attached hydrogens (tertiary/aromatic N) is 3. The number of anilines is 1. The maximum Gasteiger partial charge on any atom is 0.225 e. The first-order chi connectivity index (χ1) is 16.0. The lowest BCUT2D eigenvalue weighted by molar-refractivity contribution is -0.120. The van der Waals surface area contributed by atoms with E-state index in [0.717, 1.165) is 63.0 Å². The highest BCUT2D eigenvalue weighted by Gasteiger charge is 2.43. The van der Waals surface area contributed by atoms with Crippen LogP contribution in [0.2, 0.25) is 5.02 Å². The summed E-state index contributed by atoms with van der Waals surface area (Å²) in [4.78, 5) is 22.8. The van der Waals surface area contributed by atoms with E-state index in [1.165, 1.54) is 12.5 Å². The monoisotopic (exact) mass is 472 g/mol. The quantitative estimate of drug-likeness (QED) is 0.585. The molecule has 1 saturated heterocycles. The van der Waals surface area contributed by atoms with E-state index in [1.807, 2.05) is 0 Å². The minimum atomic E-state index is -0.376. The molecule has 6 nitrogen and oxygen atoms in total. The van der Waals surface area contributed by atoms with Crippen LogP contribution in [0.4, 0.5) is 10.3 Å². The predicted octanol–water partition coefficient (Wildman–Crippen LogP) is 4.41. The van der Waals surface area contributed by atoms with Crippen molar-refractivity contribution >= 4 is 23.5 Å². The highest BCUT2D eigenvalue weighted by molar-refractivity contribution is 6.30. The minimum Gasteiger partial charge on any atom is -0.493 e. The average molecular weight is 473 g/mol. The summed E-state index contributed by atoms with van der Waals surface area (Å²) in [7, 11) is 0. The summed E-state index contributed by atoms with van der Waals surface area (Å²) in [5.41, 5.74) is 0.415. The fourth-order valence-corrected chi connectivity index (χ4v) is 5.04. The second kappa shape index (κ2) is 9.84. The fraction of sp³-hybridized carbons (Fsp3) is 0.560. The summed E-state index contributed by atoms with van der Waals surface area (Å²) < 4.78 is 20.2. The largest absolute Gasteiger partial charge is 0.493 e. The van der Waals surface area contributed by atoms with E-state index in [9.17, 15) is 9.18 Å². The first kappa shape index (κ1) is 22.4. The predicted molar refractivity (Wildman–Crippen MR) is 125 cm³/mol. The molecular formula is C25H30ClFN4O2. The lowest BCUT2D eigenvalue weighted by atomic mass is 9.90. The molecule has 0 bridgehead atoms. The van der Waals surface area contributed by atoms with E-state index in [2.05, 4.69) is 20.2 Å². The van der Waals surface area contributed by atoms with Gasteiger partial charge in [-0.05, 0) is 67.9 Å². The van der Waals surface area contributed by atoms with Gasteiger partial charge < -0.3 is 15.0 Å². The molecule has 2 saturated carbocycles. The van der Waals surface area contributed by atoms with Gasteiger partial charge in [0, 0.05) is 25.2 Å². The van der Waals surface area contributed by atoms with E-state index in [1.54, 1.807) is 24.5 Å². The molecule has 3 fully saturated rings. The van der Waals surface area contributed by atoms with Gasteiger partial charge >= 0.3 is 0 Å². The molecule has 0 radical (unpaired) electrons. The second-order valence-corrected chi connectivity index (χ2v) is 10.0. The van der Waals surface area contributed by atoms with Crippen LogP contribution >= 0.6 is 11.6 Å². The zero-order valence-corrected chi connectivity index (χ0v) is 19.4. The summed E-state index contributed by atoms with van der Waals surface area (Å²) in [6, 6.07) is 5.12. The molecule has 1 aliphatic heterocycles. The van der Waals surface area contributed by atoms with Crippen molar-refractivity contribution in [2.75, 3.05) is 24.6 Å². The van der Waals surface area contributed by atoms with Gasteiger partial charge in [0.25, 0.3) is 0 Å². The molecule has 2 heterocycles. The van der Waals surface area contributed by atoms with Crippen LogP contribution in [0.3, 0.4) is 0 Å². The van der Waals surface area contributed by atoms with Crippen LogP contribution in [0.25, 0.3) is 0 Å². The van der Waals surface area contributed by atoms with Crippen molar-refractivity contribution < 1.29 is 13.9 Å². The molecule has 1 aromatic heterocycles. The Morgan fingerprint density at radius 3 is 2.64 bits per heavy atom. The standard InChI is InChI=1S/C25H30ClFN4O2/c26-19-14-28-25(29-15-19)31-8-5-16(6-9-31)22-11-17(22)7-10-33-21-4-1-18(23(27)13-21)12-24(32)30-20-2-3-20/h1,4,13-17,20,22H,2-3,5-12H2,(H,30,32)/t17-,22-/m1/s1. The summed E-state index contributed by atoms with van der Waals surface area (Å²) in [6.45, 7) is 2.56. The smallest absolute Gasteiger partial charge is 0.225 e. The Bertz CT molecular complexity index is 977. The molecule has 1 amide bonds. The van der Waals surface area contributed by atoms with Crippen LogP contribution in [0, 0.1) is 23.6 Å². The van der Waals surface area contributed by atoms with Gasteiger partial charge in [0.15, 0.2) is 0 Å². The Kier molecular flexibility index (Phi) is 6.67. The number of ether oxygens (including phenoxy) is 1. The number of halogens is 2. The number of piperidine rings is 1. The first-order valence-corrected chi connectivity index (χ1v) is 12.4. The fourth-order valence-electron chi connectivity index (χ4n) is 4.95. The van der Waals surface area contributed by atoms with E-state index >= 15 is 0 Å². The van der Waals surface area contributed by atoms with E-state index < -0.39 is 0 Å². The van der Waals surface area contributed by atoms with Crippen molar-refractivity contribution in [3.8, 4) is 5.75 Å². The molecule has 1 aromatic carbocycles. The Morgan fingerprint density at radius 2 is 1.94 bits per heavy atom. The lowest BCUT2D eigenvalue weighted by Crippen LogP contribution is -2.35. The number of carbonyl (C=O) groups excluding carboxylic acids is 1. The van der Waals surface area contributed by atoms with Gasteiger partial charge in [-0.3, -0.25) is 4.79 Å². The number of nitrogens with one attached hydrogen (secondary N) is 1. The summed E-state index contributed by atoms with van der Waals surface area (Å²) in [6.07, 6.45) is 10.0. The summed E-state index contributed by atoms with van der Waals surface area (Å²) in [5.74, 6) is 3.02. The van der Waals surface area contributed by atoms with Crippen LogP contribution in [0.1, 0.15) is 44.1 Å². The van der Waals surface area contributed by atoms with Gasteiger partial charge in [-0.2, -0.15) is 0 Å². The van der Waals surface area contributed by atoms with E-state index in [-0.39, 0.29) is 18.1 Å². The van der Waals surface area contributed by atoms with Crippen molar-refractivity contribution in [2.24, 2.45) is 17.8 Å². The highest BCUT2D eigenvalue weighted by atomic mass is 35.5. The molecule has 0 spiro atoms. The molecule has 3 aliphatic rings. The number of rotatable bonds is 9. The molecule has 2 atom stereocenters. The summed E-state index contributed by atoms with van der Waals surface area (Å²) >= 11 is 5.88. The van der Waals surface area contributed by atoms with Gasteiger partial charge in [-0.1, -0.05) is 17.7 Å². The lowest BCUT2D eigenvalue weighted by Gasteiger charge is -2.32. The number of hydrogen-bond acceptors (Lipinski definition) is 5. The van der Waals surface area contributed by atoms with Crippen LogP contribution < -0.4 is 15.0 Å². The Labute approximate surface area is 198 Å². The number of hydrogen-bond donors (Lipinski definition) is 1. The van der Waals surface area contributed by atoms with Gasteiger partial charge in [0.05, 0.1) is 30.4 Å². The molecule has 5 rings (SSSR count). The SMILES string of the molecule is O=C(Cc1ccc(OCC[C@@H]2C[C@@H]2C2CCN(c3ncc(Cl)cn3)CC2)cc1F)NC1CC1. The third kappa shape index (κ3) is 5.94. The normalized spacial score (nSPS) is 22.8. The van der Waals surface area contributed by atoms with Crippen molar-refractivity contribution in [3.63, 3.8) is 0 Å². The third-order valence-electron chi connectivity index (χ3n) is 7.09. The highest BCUT2D eigenvalue weighted by Crippen LogP contribution is 2.49. The van der Waals surface area contributed by atoms with Crippen LogP contribution in [-0.2, 0) is 11.2 Å². The number of carbonyl (C=O) groups is 1. The molecular weight excluding hydrogens is 443 g/mol. The Balaban J connectivity index is 1.01. The van der Waals surface area contributed by atoms with Crippen molar-refractivity contribution in [1.82, 2.24) is 15.3 Å². The summed E-state index contributed by atoms with van der Waals surface area (Å²) in [5, 5.41) is 3.45. The van der Waals surface area contributed by atoms with Gasteiger partial charge in [0.1, 0.15) is 11.6 Å². The molecule has 2 aliphatic carbocycles. The van der Waals surface area contributed by atoms with Crippen molar-refractivity contribution in [3.05, 3.63) is 47.0 Å². The molecule has 176 valence electrons. The molecule has 33 heavy (non-hydrogen) atoms.